The smallest absolute Gasteiger partial charge is 0.140 e. The minimum Gasteiger partial charge on any atom is -0.248 e. The molecule has 0 bridgehead atoms. The highest BCUT2D eigenvalue weighted by Gasteiger charge is 2.41. The molecule has 4 heteroatoms. The van der Waals surface area contributed by atoms with Crippen molar-refractivity contribution in [1.82, 2.24) is 0 Å². The molecule has 12 heavy (non-hydrogen) atoms. The largest absolute Gasteiger partial charge is 0.248 e. The lowest BCUT2D eigenvalue weighted by atomic mass is 10.1. The van der Waals surface area contributed by atoms with Crippen molar-refractivity contribution in [3.8, 4) is 6.07 Å². The Balaban J connectivity index is 3.14. The van der Waals surface area contributed by atoms with E-state index in [2.05, 4.69) is 10.4 Å². The van der Waals surface area contributed by atoms with Gasteiger partial charge in [0.15, 0.2) is 0 Å². The van der Waals surface area contributed by atoms with Crippen LogP contribution >= 0.6 is 0 Å². The van der Waals surface area contributed by atoms with E-state index in [0.29, 0.717) is 0 Å². The molecule has 0 aromatic carbocycles. The van der Waals surface area contributed by atoms with E-state index in [-0.39, 0.29) is 0 Å². The Hall–Kier alpha value is -0.560. The van der Waals surface area contributed by atoms with Gasteiger partial charge in [0.25, 0.3) is 0 Å². The summed E-state index contributed by atoms with van der Waals surface area (Å²) in [4.78, 5) is 0. The molecule has 1 saturated carbocycles. The van der Waals surface area contributed by atoms with Crippen LogP contribution in [0.25, 0.3) is 0 Å². The second-order valence-electron chi connectivity index (χ2n) is 3.30. The highest BCUT2D eigenvalue weighted by atomic mass is 32.2. The van der Waals surface area contributed by atoms with Crippen molar-refractivity contribution in [3.63, 3.8) is 0 Å². The molecule has 0 saturated heterocycles. The van der Waals surface area contributed by atoms with Crippen LogP contribution in [0.1, 0.15) is 25.7 Å². The number of nitrogens with zero attached hydrogens (tertiary/aromatic N) is 2. The van der Waals surface area contributed by atoms with Crippen molar-refractivity contribution >= 4 is 9.73 Å². The lowest BCUT2D eigenvalue weighted by Crippen LogP contribution is -2.32. The van der Waals surface area contributed by atoms with Gasteiger partial charge in [-0.3, -0.25) is 0 Å². The van der Waals surface area contributed by atoms with Gasteiger partial charge in [0.05, 0.1) is 15.8 Å². The van der Waals surface area contributed by atoms with Gasteiger partial charge >= 0.3 is 0 Å². The summed E-state index contributed by atoms with van der Waals surface area (Å²) in [5, 5.41) is 8.99. The highest BCUT2D eigenvalue weighted by Crippen LogP contribution is 2.36. The Morgan fingerprint density at radius 1 is 1.50 bits per heavy atom. The van der Waals surface area contributed by atoms with Crippen molar-refractivity contribution in [3.05, 3.63) is 0 Å². The second kappa shape index (κ2) is 3.06. The van der Waals surface area contributed by atoms with E-state index in [1.165, 1.54) is 0 Å². The van der Waals surface area contributed by atoms with Gasteiger partial charge in [0.1, 0.15) is 4.75 Å². The fourth-order valence-corrected chi connectivity index (χ4v) is 3.26. The second-order valence-corrected chi connectivity index (χ2v) is 6.05. The molecule has 3 nitrogen and oxygen atoms in total. The van der Waals surface area contributed by atoms with Gasteiger partial charge in [-0.2, -0.15) is 5.26 Å². The lowest BCUT2D eigenvalue weighted by molar-refractivity contribution is 0.638. The third-order valence-electron chi connectivity index (χ3n) is 2.69. The van der Waals surface area contributed by atoms with Crippen LogP contribution in [0.2, 0.25) is 0 Å². The van der Waals surface area contributed by atoms with Gasteiger partial charge in [-0.05, 0) is 12.8 Å². The van der Waals surface area contributed by atoms with Crippen LogP contribution in [0, 0.1) is 11.3 Å². The van der Waals surface area contributed by atoms with Crippen molar-refractivity contribution in [1.29, 1.82) is 5.26 Å². The van der Waals surface area contributed by atoms with Crippen LogP contribution in [0.4, 0.5) is 0 Å². The first-order valence-corrected chi connectivity index (χ1v) is 6.01. The van der Waals surface area contributed by atoms with E-state index in [4.69, 9.17) is 5.26 Å². The first-order valence-electron chi connectivity index (χ1n) is 4.09. The molecule has 0 aliphatic heterocycles. The first kappa shape index (κ1) is 9.53. The normalized spacial score (nSPS) is 25.8. The summed E-state index contributed by atoms with van der Waals surface area (Å²) in [6, 6.07) is 2.20. The minimum atomic E-state index is -2.30. The maximum absolute atomic E-state index is 11.9. The van der Waals surface area contributed by atoms with Crippen LogP contribution in [0.5, 0.6) is 0 Å². The van der Waals surface area contributed by atoms with Gasteiger partial charge in [0, 0.05) is 13.3 Å². The minimum absolute atomic E-state index is 0.651. The standard InChI is InChI=1S/C8H14N2OS/c1-10-12(2,11)8(7-9)5-3-4-6-8/h3-6H2,1-2H3. The van der Waals surface area contributed by atoms with E-state index < -0.39 is 14.5 Å². The average molecular weight is 186 g/mol. The molecular formula is C8H14N2OS. The topological polar surface area (TPSA) is 53.2 Å². The van der Waals surface area contributed by atoms with Gasteiger partial charge in [-0.25, -0.2) is 8.57 Å². The average Bonchev–Trinajstić information content (AvgIpc) is 2.53. The Bertz CT molecular complexity index is 314. The number of rotatable bonds is 1. The summed E-state index contributed by atoms with van der Waals surface area (Å²) in [6.07, 6.45) is 5.11. The van der Waals surface area contributed by atoms with Gasteiger partial charge in [-0.1, -0.05) is 12.8 Å². The van der Waals surface area contributed by atoms with Crippen molar-refractivity contribution in [2.24, 2.45) is 4.36 Å². The molecular weight excluding hydrogens is 172 g/mol. The van der Waals surface area contributed by atoms with Crippen LogP contribution in [-0.4, -0.2) is 22.3 Å². The third-order valence-corrected chi connectivity index (χ3v) is 5.33. The van der Waals surface area contributed by atoms with Crippen molar-refractivity contribution in [2.45, 2.75) is 30.4 Å². The number of hydrogen-bond donors (Lipinski definition) is 0. The summed E-state index contributed by atoms with van der Waals surface area (Å²) in [5.74, 6) is 0. The molecule has 1 unspecified atom stereocenters. The monoisotopic (exact) mass is 186 g/mol. The number of hydrogen-bond acceptors (Lipinski definition) is 3. The molecule has 0 amide bonds. The molecule has 0 N–H and O–H groups in total. The molecule has 0 spiro atoms. The molecule has 68 valence electrons. The Morgan fingerprint density at radius 2 is 2.00 bits per heavy atom. The molecule has 1 atom stereocenters. The van der Waals surface area contributed by atoms with Crippen LogP contribution in [-0.2, 0) is 9.73 Å². The zero-order valence-electron chi connectivity index (χ0n) is 7.54. The van der Waals surface area contributed by atoms with Gasteiger partial charge < -0.3 is 0 Å². The maximum Gasteiger partial charge on any atom is 0.140 e. The number of nitriles is 1. The van der Waals surface area contributed by atoms with E-state index in [1.807, 2.05) is 0 Å². The Kier molecular flexibility index (Phi) is 2.43. The summed E-state index contributed by atoms with van der Waals surface area (Å²) in [5.41, 5.74) is 0. The van der Waals surface area contributed by atoms with Crippen LogP contribution in [0.3, 0.4) is 0 Å². The Labute approximate surface area is 74.0 Å². The maximum atomic E-state index is 11.9. The predicted molar refractivity (Wildman–Crippen MR) is 49.2 cm³/mol. The quantitative estimate of drug-likeness (QED) is 0.624. The first-order chi connectivity index (χ1) is 5.58. The molecule has 1 aliphatic rings. The SMILES string of the molecule is CN=S(C)(=O)C1(C#N)CCCC1. The zero-order valence-corrected chi connectivity index (χ0v) is 8.36. The molecule has 0 aromatic heterocycles. The molecule has 0 radical (unpaired) electrons. The summed E-state index contributed by atoms with van der Waals surface area (Å²) >= 11 is 0. The molecule has 0 aromatic rings. The van der Waals surface area contributed by atoms with E-state index in [0.717, 1.165) is 25.7 Å². The van der Waals surface area contributed by atoms with E-state index >= 15 is 0 Å². The van der Waals surface area contributed by atoms with E-state index in [9.17, 15) is 4.21 Å². The van der Waals surface area contributed by atoms with Gasteiger partial charge in [0.2, 0.25) is 0 Å². The molecule has 0 heterocycles. The summed E-state index contributed by atoms with van der Waals surface area (Å²) in [7, 11) is -0.754. The van der Waals surface area contributed by atoms with Gasteiger partial charge in [-0.15, -0.1) is 0 Å². The Morgan fingerprint density at radius 3 is 2.33 bits per heavy atom. The summed E-state index contributed by atoms with van der Waals surface area (Å²) < 4.78 is 15.1. The molecule has 1 aliphatic carbocycles. The zero-order chi connectivity index (χ0) is 9.24. The fraction of sp³-hybridized carbons (Fsp3) is 0.875. The van der Waals surface area contributed by atoms with Crippen LogP contribution in [0.15, 0.2) is 4.36 Å². The van der Waals surface area contributed by atoms with Crippen molar-refractivity contribution < 1.29 is 4.21 Å². The predicted octanol–water partition coefficient (Wildman–Crippen LogP) is 1.55. The van der Waals surface area contributed by atoms with Crippen LogP contribution < -0.4 is 0 Å². The fourth-order valence-electron chi connectivity index (χ4n) is 1.70. The van der Waals surface area contributed by atoms with E-state index in [1.54, 1.807) is 13.3 Å². The molecule has 1 rings (SSSR count). The summed E-state index contributed by atoms with van der Waals surface area (Å²) in [6.45, 7) is 0. The van der Waals surface area contributed by atoms with Crippen molar-refractivity contribution in [2.75, 3.05) is 13.3 Å². The third kappa shape index (κ3) is 1.22. The lowest BCUT2D eigenvalue weighted by Gasteiger charge is -2.21. The molecule has 1 fully saturated rings. The highest BCUT2D eigenvalue weighted by molar-refractivity contribution is 7.94.